The van der Waals surface area contributed by atoms with Crippen molar-refractivity contribution in [3.8, 4) is 5.75 Å². The molecule has 1 atom stereocenters. The summed E-state index contributed by atoms with van der Waals surface area (Å²) in [6, 6.07) is 3.71. The molecule has 0 aliphatic heterocycles. The van der Waals surface area contributed by atoms with Gasteiger partial charge in [0.05, 0.1) is 12.7 Å². The van der Waals surface area contributed by atoms with E-state index >= 15 is 0 Å². The molecule has 0 aliphatic carbocycles. The third kappa shape index (κ3) is 4.34. The number of carbonyl (C=O) groups excluding carboxylic acids is 1. The number of benzene rings is 1. The second-order valence-electron chi connectivity index (χ2n) is 4.10. The van der Waals surface area contributed by atoms with Crippen molar-refractivity contribution in [3.05, 3.63) is 23.8 Å². The number of thioether (sulfide) groups is 1. The van der Waals surface area contributed by atoms with E-state index in [9.17, 15) is 9.59 Å². The molecule has 1 amide bonds. The normalized spacial score (nSPS) is 11.7. The van der Waals surface area contributed by atoms with E-state index < -0.39 is 17.9 Å². The number of nitrogen functional groups attached to an aromatic ring is 1. The van der Waals surface area contributed by atoms with Crippen LogP contribution in [0.5, 0.6) is 5.75 Å². The van der Waals surface area contributed by atoms with E-state index in [4.69, 9.17) is 15.6 Å². The number of amides is 1. The largest absolute Gasteiger partial charge is 0.497 e. The van der Waals surface area contributed by atoms with Gasteiger partial charge in [-0.15, -0.1) is 0 Å². The Balaban J connectivity index is 2.80. The van der Waals surface area contributed by atoms with Crippen molar-refractivity contribution in [2.45, 2.75) is 12.5 Å². The van der Waals surface area contributed by atoms with Crippen molar-refractivity contribution in [1.82, 2.24) is 5.32 Å². The monoisotopic (exact) mass is 298 g/mol. The van der Waals surface area contributed by atoms with E-state index in [1.165, 1.54) is 31.0 Å². The summed E-state index contributed by atoms with van der Waals surface area (Å²) in [5.41, 5.74) is 6.24. The van der Waals surface area contributed by atoms with Crippen LogP contribution in [0.2, 0.25) is 0 Å². The molecule has 0 bridgehead atoms. The molecule has 1 aromatic rings. The lowest BCUT2D eigenvalue weighted by Crippen LogP contribution is -2.41. The van der Waals surface area contributed by atoms with Crippen molar-refractivity contribution >= 4 is 29.3 Å². The molecule has 110 valence electrons. The highest BCUT2D eigenvalue weighted by molar-refractivity contribution is 7.98. The van der Waals surface area contributed by atoms with E-state index in [0.717, 1.165) is 0 Å². The van der Waals surface area contributed by atoms with Crippen LogP contribution >= 0.6 is 11.8 Å². The number of carbonyl (C=O) groups is 2. The second-order valence-corrected chi connectivity index (χ2v) is 5.08. The lowest BCUT2D eigenvalue weighted by atomic mass is 10.1. The van der Waals surface area contributed by atoms with Crippen molar-refractivity contribution in [2.75, 3.05) is 24.9 Å². The molecule has 4 N–H and O–H groups in total. The summed E-state index contributed by atoms with van der Waals surface area (Å²) in [6.07, 6.45) is 2.24. The Morgan fingerprint density at radius 1 is 1.50 bits per heavy atom. The van der Waals surface area contributed by atoms with E-state index in [0.29, 0.717) is 17.9 Å². The Bertz CT molecular complexity index is 493. The minimum Gasteiger partial charge on any atom is -0.497 e. The Morgan fingerprint density at radius 2 is 2.20 bits per heavy atom. The first-order chi connectivity index (χ1) is 9.49. The molecule has 1 aromatic carbocycles. The number of nitrogens with one attached hydrogen (secondary N) is 1. The van der Waals surface area contributed by atoms with Gasteiger partial charge in [0.2, 0.25) is 0 Å². The van der Waals surface area contributed by atoms with Gasteiger partial charge >= 0.3 is 5.97 Å². The van der Waals surface area contributed by atoms with Crippen LogP contribution in [-0.2, 0) is 4.79 Å². The molecule has 0 radical (unpaired) electrons. The average molecular weight is 298 g/mol. The fourth-order valence-electron chi connectivity index (χ4n) is 1.60. The molecule has 0 heterocycles. The van der Waals surface area contributed by atoms with Gasteiger partial charge in [-0.2, -0.15) is 11.8 Å². The van der Waals surface area contributed by atoms with Gasteiger partial charge in [0.15, 0.2) is 0 Å². The van der Waals surface area contributed by atoms with E-state index in [-0.39, 0.29) is 11.3 Å². The smallest absolute Gasteiger partial charge is 0.326 e. The molecule has 7 heteroatoms. The molecule has 0 spiro atoms. The van der Waals surface area contributed by atoms with Crippen LogP contribution in [0, 0.1) is 0 Å². The molecule has 0 aliphatic rings. The first-order valence-corrected chi connectivity index (χ1v) is 7.35. The van der Waals surface area contributed by atoms with Crippen molar-refractivity contribution in [2.24, 2.45) is 0 Å². The fraction of sp³-hybridized carbons (Fsp3) is 0.385. The number of aliphatic carboxylic acids is 1. The maximum absolute atomic E-state index is 12.0. The lowest BCUT2D eigenvalue weighted by molar-refractivity contribution is -0.139. The van der Waals surface area contributed by atoms with Gasteiger partial charge < -0.3 is 20.9 Å². The van der Waals surface area contributed by atoms with Gasteiger partial charge in [0.25, 0.3) is 5.91 Å². The van der Waals surface area contributed by atoms with Crippen LogP contribution in [0.3, 0.4) is 0 Å². The number of carboxylic acid groups (broad SMARTS) is 1. The summed E-state index contributed by atoms with van der Waals surface area (Å²) in [6.45, 7) is 0. The number of hydrogen-bond acceptors (Lipinski definition) is 5. The maximum atomic E-state index is 12.0. The number of anilines is 1. The van der Waals surface area contributed by atoms with Crippen LogP contribution < -0.4 is 15.8 Å². The van der Waals surface area contributed by atoms with Gasteiger partial charge in [0, 0.05) is 11.8 Å². The Kier molecular flexibility index (Phi) is 6.17. The highest BCUT2D eigenvalue weighted by Gasteiger charge is 2.21. The molecule has 0 unspecified atom stereocenters. The maximum Gasteiger partial charge on any atom is 0.326 e. The standard InChI is InChI=1S/C13H18N2O4S/c1-19-8-3-4-9(10(14)7-8)12(16)15-11(13(17)18)5-6-20-2/h3-4,7,11H,5-6,14H2,1-2H3,(H,15,16)(H,17,18)/t11-/m0/s1. The Morgan fingerprint density at radius 3 is 2.70 bits per heavy atom. The van der Waals surface area contributed by atoms with E-state index in [2.05, 4.69) is 5.32 Å². The predicted octanol–water partition coefficient (Wildman–Crippen LogP) is 1.21. The summed E-state index contributed by atoms with van der Waals surface area (Å²) in [4.78, 5) is 23.1. The predicted molar refractivity (Wildman–Crippen MR) is 79.3 cm³/mol. The molecule has 0 aromatic heterocycles. The third-order valence-corrected chi connectivity index (χ3v) is 3.36. The van der Waals surface area contributed by atoms with Crippen molar-refractivity contribution in [3.63, 3.8) is 0 Å². The molecule has 0 fully saturated rings. The summed E-state index contributed by atoms with van der Waals surface area (Å²) in [5.74, 6) is -0.371. The van der Waals surface area contributed by atoms with Crippen molar-refractivity contribution < 1.29 is 19.4 Å². The second kappa shape index (κ2) is 7.64. The molecule has 1 rings (SSSR count). The summed E-state index contributed by atoms with van der Waals surface area (Å²) in [5, 5.41) is 11.5. The minimum atomic E-state index is -1.06. The van der Waals surface area contributed by atoms with Crippen LogP contribution in [0.25, 0.3) is 0 Å². The van der Waals surface area contributed by atoms with Crippen LogP contribution in [0.4, 0.5) is 5.69 Å². The zero-order valence-corrected chi connectivity index (χ0v) is 12.2. The molecule has 20 heavy (non-hydrogen) atoms. The van der Waals surface area contributed by atoms with Gasteiger partial charge in [-0.05, 0) is 30.6 Å². The zero-order chi connectivity index (χ0) is 15.1. The molecule has 0 saturated heterocycles. The van der Waals surface area contributed by atoms with Crippen LogP contribution in [-0.4, -0.2) is 42.1 Å². The lowest BCUT2D eigenvalue weighted by Gasteiger charge is -2.15. The number of ether oxygens (including phenoxy) is 1. The van der Waals surface area contributed by atoms with Gasteiger partial charge in [-0.3, -0.25) is 4.79 Å². The molecular formula is C13H18N2O4S. The number of methoxy groups -OCH3 is 1. The van der Waals surface area contributed by atoms with E-state index in [1.54, 1.807) is 6.07 Å². The van der Waals surface area contributed by atoms with Gasteiger partial charge in [0.1, 0.15) is 11.8 Å². The van der Waals surface area contributed by atoms with E-state index in [1.807, 2.05) is 6.26 Å². The molecule has 0 saturated carbocycles. The number of carboxylic acids is 1. The highest BCUT2D eigenvalue weighted by atomic mass is 32.2. The number of hydrogen-bond donors (Lipinski definition) is 3. The summed E-state index contributed by atoms with van der Waals surface area (Å²) < 4.78 is 4.99. The number of nitrogens with two attached hydrogens (primary N) is 1. The van der Waals surface area contributed by atoms with Crippen LogP contribution in [0.15, 0.2) is 18.2 Å². The summed E-state index contributed by atoms with van der Waals surface area (Å²) >= 11 is 1.52. The highest BCUT2D eigenvalue weighted by Crippen LogP contribution is 2.19. The number of rotatable bonds is 7. The Labute approximate surface area is 121 Å². The average Bonchev–Trinajstić information content (AvgIpc) is 2.42. The fourth-order valence-corrected chi connectivity index (χ4v) is 2.08. The van der Waals surface area contributed by atoms with Gasteiger partial charge in [-0.25, -0.2) is 4.79 Å². The first kappa shape index (κ1) is 16.2. The Hall–Kier alpha value is -1.89. The topological polar surface area (TPSA) is 102 Å². The SMILES string of the molecule is COc1ccc(C(=O)N[C@@H](CCSC)C(=O)O)c(N)c1. The minimum absolute atomic E-state index is 0.237. The summed E-state index contributed by atoms with van der Waals surface area (Å²) in [7, 11) is 1.50. The third-order valence-electron chi connectivity index (χ3n) is 2.72. The van der Waals surface area contributed by atoms with Crippen LogP contribution in [0.1, 0.15) is 16.8 Å². The van der Waals surface area contributed by atoms with Gasteiger partial charge in [-0.1, -0.05) is 0 Å². The zero-order valence-electron chi connectivity index (χ0n) is 11.4. The quantitative estimate of drug-likeness (QED) is 0.654. The molecular weight excluding hydrogens is 280 g/mol. The molecule has 6 nitrogen and oxygen atoms in total. The first-order valence-electron chi connectivity index (χ1n) is 5.95. The van der Waals surface area contributed by atoms with Crippen molar-refractivity contribution in [1.29, 1.82) is 0 Å².